The van der Waals surface area contributed by atoms with E-state index in [2.05, 4.69) is 4.72 Å². The molecule has 1 unspecified atom stereocenters. The van der Waals surface area contributed by atoms with Crippen molar-refractivity contribution in [1.82, 2.24) is 4.72 Å². The summed E-state index contributed by atoms with van der Waals surface area (Å²) in [6, 6.07) is 0. The van der Waals surface area contributed by atoms with Crippen LogP contribution in [-0.4, -0.2) is 37.8 Å². The molecule has 4 N–H and O–H groups in total. The average Bonchev–Trinajstić information content (AvgIpc) is 1.99. The maximum absolute atomic E-state index is 11.0. The molecular formula is C5H12N2O4S. The molecule has 0 aromatic heterocycles. The van der Waals surface area contributed by atoms with Crippen LogP contribution >= 0.6 is 0 Å². The predicted molar refractivity (Wildman–Crippen MR) is 43.1 cm³/mol. The Balaban J connectivity index is 4.31. The fourth-order valence-electron chi connectivity index (χ4n) is 0.459. The van der Waals surface area contributed by atoms with Crippen LogP contribution in [0.15, 0.2) is 0 Å². The van der Waals surface area contributed by atoms with Crippen molar-refractivity contribution in [2.75, 3.05) is 13.1 Å². The van der Waals surface area contributed by atoms with Gasteiger partial charge in [0.25, 0.3) is 0 Å². The topological polar surface area (TPSA) is 109 Å². The van der Waals surface area contributed by atoms with E-state index < -0.39 is 21.2 Å². The SMILES string of the molecule is CC(C(=O)O)S(=O)(=O)NCCN. The maximum atomic E-state index is 11.0. The largest absolute Gasteiger partial charge is 0.480 e. The average molecular weight is 196 g/mol. The number of carbonyl (C=O) groups is 1. The fraction of sp³-hybridized carbons (Fsp3) is 0.800. The lowest BCUT2D eigenvalue weighted by Crippen LogP contribution is -2.39. The number of carboxylic acids is 1. The number of rotatable bonds is 5. The van der Waals surface area contributed by atoms with Crippen molar-refractivity contribution in [3.63, 3.8) is 0 Å². The highest BCUT2D eigenvalue weighted by molar-refractivity contribution is 7.90. The summed E-state index contributed by atoms with van der Waals surface area (Å²) in [5, 5.41) is 6.93. The van der Waals surface area contributed by atoms with Gasteiger partial charge in [-0.1, -0.05) is 0 Å². The van der Waals surface area contributed by atoms with Crippen LogP contribution in [0.2, 0.25) is 0 Å². The van der Waals surface area contributed by atoms with E-state index in [1.54, 1.807) is 0 Å². The van der Waals surface area contributed by atoms with Gasteiger partial charge in [0.15, 0.2) is 5.25 Å². The van der Waals surface area contributed by atoms with Gasteiger partial charge in [0, 0.05) is 13.1 Å². The molecule has 0 aliphatic rings. The van der Waals surface area contributed by atoms with E-state index in [4.69, 9.17) is 10.8 Å². The Morgan fingerprint density at radius 1 is 1.67 bits per heavy atom. The van der Waals surface area contributed by atoms with Gasteiger partial charge in [-0.05, 0) is 6.92 Å². The van der Waals surface area contributed by atoms with E-state index in [-0.39, 0.29) is 13.1 Å². The molecule has 0 aliphatic carbocycles. The second-order valence-electron chi connectivity index (χ2n) is 2.21. The molecule has 1 atom stereocenters. The normalized spacial score (nSPS) is 14.2. The molecule has 0 fully saturated rings. The van der Waals surface area contributed by atoms with E-state index in [0.717, 1.165) is 6.92 Å². The Morgan fingerprint density at radius 3 is 2.50 bits per heavy atom. The second-order valence-corrected chi connectivity index (χ2v) is 4.29. The van der Waals surface area contributed by atoms with E-state index in [0.29, 0.717) is 0 Å². The molecule has 0 spiro atoms. The van der Waals surface area contributed by atoms with Crippen LogP contribution in [0.25, 0.3) is 0 Å². The Bertz CT molecular complexity index is 248. The molecular weight excluding hydrogens is 184 g/mol. The third kappa shape index (κ3) is 3.16. The number of sulfonamides is 1. The van der Waals surface area contributed by atoms with Crippen molar-refractivity contribution in [2.45, 2.75) is 12.2 Å². The zero-order valence-electron chi connectivity index (χ0n) is 6.65. The quantitative estimate of drug-likeness (QED) is 0.487. The number of hydrogen-bond acceptors (Lipinski definition) is 4. The number of hydrogen-bond donors (Lipinski definition) is 3. The standard InChI is InChI=1S/C5H12N2O4S/c1-4(5(8)9)12(10,11)7-3-2-6/h4,7H,2-3,6H2,1H3,(H,8,9). The Hall–Kier alpha value is -0.660. The number of aliphatic carboxylic acids is 1. The van der Waals surface area contributed by atoms with E-state index >= 15 is 0 Å². The molecule has 0 rings (SSSR count). The van der Waals surface area contributed by atoms with Crippen LogP contribution < -0.4 is 10.5 Å². The highest BCUT2D eigenvalue weighted by atomic mass is 32.2. The summed E-state index contributed by atoms with van der Waals surface area (Å²) in [5.41, 5.74) is 5.04. The summed E-state index contributed by atoms with van der Waals surface area (Å²) in [6.45, 7) is 1.30. The Labute approximate surface area is 70.8 Å². The zero-order chi connectivity index (χ0) is 9.78. The summed E-state index contributed by atoms with van der Waals surface area (Å²) in [4.78, 5) is 10.3. The first kappa shape index (κ1) is 11.3. The third-order valence-electron chi connectivity index (χ3n) is 1.26. The van der Waals surface area contributed by atoms with Gasteiger partial charge in [-0.15, -0.1) is 0 Å². The number of carboxylic acid groups (broad SMARTS) is 1. The van der Waals surface area contributed by atoms with Gasteiger partial charge in [0.05, 0.1) is 0 Å². The molecule has 0 radical (unpaired) electrons. The van der Waals surface area contributed by atoms with Gasteiger partial charge in [-0.2, -0.15) is 0 Å². The Kier molecular flexibility index (Phi) is 4.15. The van der Waals surface area contributed by atoms with Crippen molar-refractivity contribution in [3.8, 4) is 0 Å². The molecule has 0 aromatic rings. The van der Waals surface area contributed by atoms with Crippen LogP contribution in [-0.2, 0) is 14.8 Å². The molecule has 0 aromatic carbocycles. The molecule has 6 nitrogen and oxygen atoms in total. The number of nitrogens with one attached hydrogen (secondary N) is 1. The van der Waals surface area contributed by atoms with Crippen molar-refractivity contribution in [1.29, 1.82) is 0 Å². The third-order valence-corrected chi connectivity index (χ3v) is 3.00. The molecule has 0 saturated heterocycles. The molecule has 12 heavy (non-hydrogen) atoms. The second kappa shape index (κ2) is 4.39. The Morgan fingerprint density at radius 2 is 2.17 bits per heavy atom. The molecule has 0 aliphatic heterocycles. The summed E-state index contributed by atoms with van der Waals surface area (Å²) < 4.78 is 24.0. The molecule has 0 bridgehead atoms. The van der Waals surface area contributed by atoms with Crippen molar-refractivity contribution < 1.29 is 18.3 Å². The van der Waals surface area contributed by atoms with E-state index in [1.807, 2.05) is 0 Å². The first-order chi connectivity index (χ1) is 5.41. The first-order valence-electron chi connectivity index (χ1n) is 3.33. The van der Waals surface area contributed by atoms with Gasteiger partial charge < -0.3 is 10.8 Å². The monoisotopic (exact) mass is 196 g/mol. The van der Waals surface area contributed by atoms with Crippen LogP contribution in [0, 0.1) is 0 Å². The summed E-state index contributed by atoms with van der Waals surface area (Å²) in [7, 11) is -3.75. The van der Waals surface area contributed by atoms with Crippen LogP contribution in [0.4, 0.5) is 0 Å². The maximum Gasteiger partial charge on any atom is 0.323 e. The smallest absolute Gasteiger partial charge is 0.323 e. The first-order valence-corrected chi connectivity index (χ1v) is 4.88. The van der Waals surface area contributed by atoms with Gasteiger partial charge in [-0.25, -0.2) is 13.1 Å². The van der Waals surface area contributed by atoms with Gasteiger partial charge in [0.1, 0.15) is 0 Å². The number of nitrogens with two attached hydrogens (primary N) is 1. The lowest BCUT2D eigenvalue weighted by atomic mass is 10.5. The van der Waals surface area contributed by atoms with Crippen LogP contribution in [0.5, 0.6) is 0 Å². The molecule has 0 amide bonds. The van der Waals surface area contributed by atoms with Gasteiger partial charge >= 0.3 is 5.97 Å². The minimum Gasteiger partial charge on any atom is -0.480 e. The van der Waals surface area contributed by atoms with Crippen molar-refractivity contribution >= 4 is 16.0 Å². The summed E-state index contributed by atoms with van der Waals surface area (Å²) in [6.07, 6.45) is 0. The highest BCUT2D eigenvalue weighted by Crippen LogP contribution is 1.96. The van der Waals surface area contributed by atoms with Gasteiger partial charge in [0.2, 0.25) is 10.0 Å². The molecule has 72 valence electrons. The predicted octanol–water partition coefficient (Wildman–Crippen LogP) is -1.66. The summed E-state index contributed by atoms with van der Waals surface area (Å²) >= 11 is 0. The lowest BCUT2D eigenvalue weighted by molar-refractivity contribution is -0.136. The minimum atomic E-state index is -3.75. The van der Waals surface area contributed by atoms with Crippen molar-refractivity contribution in [2.24, 2.45) is 5.73 Å². The molecule has 0 saturated carbocycles. The van der Waals surface area contributed by atoms with E-state index in [9.17, 15) is 13.2 Å². The van der Waals surface area contributed by atoms with Crippen LogP contribution in [0.3, 0.4) is 0 Å². The zero-order valence-corrected chi connectivity index (χ0v) is 7.47. The lowest BCUT2D eigenvalue weighted by Gasteiger charge is -2.08. The van der Waals surface area contributed by atoms with E-state index in [1.165, 1.54) is 0 Å². The van der Waals surface area contributed by atoms with Crippen LogP contribution in [0.1, 0.15) is 6.92 Å². The molecule has 7 heteroatoms. The van der Waals surface area contributed by atoms with Gasteiger partial charge in [-0.3, -0.25) is 4.79 Å². The van der Waals surface area contributed by atoms with Crippen molar-refractivity contribution in [3.05, 3.63) is 0 Å². The fourth-order valence-corrected chi connectivity index (χ4v) is 1.38. The highest BCUT2D eigenvalue weighted by Gasteiger charge is 2.26. The minimum absolute atomic E-state index is 0.0555. The molecule has 0 heterocycles. The summed E-state index contributed by atoms with van der Waals surface area (Å²) in [5.74, 6) is -1.38.